The minimum atomic E-state index is -3.60. The van der Waals surface area contributed by atoms with Crippen molar-refractivity contribution in [3.05, 3.63) is 18.5 Å². The predicted octanol–water partition coefficient (Wildman–Crippen LogP) is 1.59. The summed E-state index contributed by atoms with van der Waals surface area (Å²) in [5.74, 6) is 0.380. The molecule has 0 aromatic carbocycles. The maximum Gasteiger partial charge on any atom is 0.248 e. The van der Waals surface area contributed by atoms with Gasteiger partial charge in [-0.25, -0.2) is 8.42 Å². The molecule has 0 saturated carbocycles. The summed E-state index contributed by atoms with van der Waals surface area (Å²) in [6.07, 6.45) is 4.56. The first kappa shape index (κ1) is 17.2. The van der Waals surface area contributed by atoms with Gasteiger partial charge in [-0.15, -0.1) is 0 Å². The molecular weight excluding hydrogens is 302 g/mol. The van der Waals surface area contributed by atoms with E-state index in [4.69, 9.17) is 4.74 Å². The van der Waals surface area contributed by atoms with Crippen LogP contribution in [0.25, 0.3) is 0 Å². The van der Waals surface area contributed by atoms with Crippen LogP contribution in [0, 0.1) is 0 Å². The first-order valence-corrected chi connectivity index (χ1v) is 9.21. The van der Waals surface area contributed by atoms with Gasteiger partial charge < -0.3 is 9.64 Å². The molecule has 1 aromatic rings. The molecule has 1 atom stereocenters. The molecule has 1 aliphatic rings. The number of hydrogen-bond donors (Lipinski definition) is 0. The predicted molar refractivity (Wildman–Crippen MR) is 85.5 cm³/mol. The third-order valence-electron chi connectivity index (χ3n) is 3.95. The molecule has 1 saturated heterocycles. The van der Waals surface area contributed by atoms with Crippen molar-refractivity contribution in [1.29, 1.82) is 0 Å². The summed E-state index contributed by atoms with van der Waals surface area (Å²) in [7, 11) is -1.57. The Balaban J connectivity index is 2.40. The van der Waals surface area contributed by atoms with Gasteiger partial charge in [-0.05, 0) is 39.4 Å². The van der Waals surface area contributed by atoms with Crippen molar-refractivity contribution in [3.8, 4) is 5.75 Å². The lowest BCUT2D eigenvalue weighted by atomic mass is 10.2. The van der Waals surface area contributed by atoms with Crippen LogP contribution in [-0.2, 0) is 10.0 Å². The lowest BCUT2D eigenvalue weighted by molar-refractivity contribution is 0.269. The molecule has 0 radical (unpaired) electrons. The molecule has 0 unspecified atom stereocenters. The molecular formula is C15H25N3O3S. The van der Waals surface area contributed by atoms with Crippen LogP contribution >= 0.6 is 0 Å². The van der Waals surface area contributed by atoms with Crippen LogP contribution in [-0.4, -0.2) is 61.9 Å². The highest BCUT2D eigenvalue weighted by atomic mass is 32.2. The standard InChI is InChI=1S/C15H25N3O3S/c1-4-13-12-17(3)9-6-10-18(13)22(19,20)15-11-16-8-7-14(15)21-5-2/h7-8,11,13H,4-6,9-10,12H2,1-3H3/t13-/m0/s1. The van der Waals surface area contributed by atoms with Crippen molar-refractivity contribution in [3.63, 3.8) is 0 Å². The molecule has 0 amide bonds. The van der Waals surface area contributed by atoms with Crippen LogP contribution in [0.2, 0.25) is 0 Å². The number of nitrogens with zero attached hydrogens (tertiary/aromatic N) is 3. The third kappa shape index (κ3) is 3.59. The Morgan fingerprint density at radius 1 is 1.36 bits per heavy atom. The summed E-state index contributed by atoms with van der Waals surface area (Å²) in [4.78, 5) is 6.34. The number of aromatic nitrogens is 1. The van der Waals surface area contributed by atoms with Gasteiger partial charge in [-0.2, -0.15) is 4.31 Å². The van der Waals surface area contributed by atoms with Gasteiger partial charge in [0.15, 0.2) is 0 Å². The Kier molecular flexibility index (Phi) is 5.77. The monoisotopic (exact) mass is 327 g/mol. The second-order valence-electron chi connectivity index (χ2n) is 5.55. The highest BCUT2D eigenvalue weighted by Gasteiger charge is 2.34. The van der Waals surface area contributed by atoms with Gasteiger partial charge in [0.1, 0.15) is 10.6 Å². The number of ether oxygens (including phenoxy) is 1. The zero-order chi connectivity index (χ0) is 16.2. The highest BCUT2D eigenvalue weighted by molar-refractivity contribution is 7.89. The molecule has 22 heavy (non-hydrogen) atoms. The molecule has 1 aromatic heterocycles. The first-order valence-electron chi connectivity index (χ1n) is 7.77. The summed E-state index contributed by atoms with van der Waals surface area (Å²) in [5, 5.41) is 0. The van der Waals surface area contributed by atoms with Gasteiger partial charge >= 0.3 is 0 Å². The van der Waals surface area contributed by atoms with Crippen molar-refractivity contribution in [2.24, 2.45) is 0 Å². The first-order chi connectivity index (χ1) is 10.5. The lowest BCUT2D eigenvalue weighted by Gasteiger charge is -2.29. The van der Waals surface area contributed by atoms with E-state index < -0.39 is 10.0 Å². The molecule has 0 N–H and O–H groups in total. The molecule has 2 rings (SSSR count). The topological polar surface area (TPSA) is 62.7 Å². The molecule has 0 aliphatic carbocycles. The second-order valence-corrected chi connectivity index (χ2v) is 7.41. The van der Waals surface area contributed by atoms with E-state index in [9.17, 15) is 8.42 Å². The van der Waals surface area contributed by atoms with E-state index in [0.717, 1.165) is 25.9 Å². The van der Waals surface area contributed by atoms with E-state index in [1.54, 1.807) is 16.6 Å². The Hall–Kier alpha value is -1.18. The van der Waals surface area contributed by atoms with E-state index in [1.807, 2.05) is 20.9 Å². The van der Waals surface area contributed by atoms with Gasteiger partial charge in [0.25, 0.3) is 0 Å². The SMILES string of the molecule is CCOc1ccncc1S(=O)(=O)N1CCCN(C)C[C@@H]1CC. The average Bonchev–Trinajstić information content (AvgIpc) is 2.69. The minimum Gasteiger partial charge on any atom is -0.492 e. The van der Waals surface area contributed by atoms with Gasteiger partial charge in [0.2, 0.25) is 10.0 Å². The zero-order valence-electron chi connectivity index (χ0n) is 13.5. The average molecular weight is 327 g/mol. The summed E-state index contributed by atoms with van der Waals surface area (Å²) in [5.41, 5.74) is 0. The molecule has 0 spiro atoms. The van der Waals surface area contributed by atoms with Crippen LogP contribution in [0.5, 0.6) is 5.75 Å². The van der Waals surface area contributed by atoms with Gasteiger partial charge in [-0.1, -0.05) is 6.92 Å². The van der Waals surface area contributed by atoms with Crippen LogP contribution in [0.15, 0.2) is 23.4 Å². The van der Waals surface area contributed by atoms with Gasteiger partial charge in [0.05, 0.1) is 12.8 Å². The maximum absolute atomic E-state index is 13.1. The summed E-state index contributed by atoms with van der Waals surface area (Å²) >= 11 is 0. The van der Waals surface area contributed by atoms with E-state index in [0.29, 0.717) is 18.9 Å². The Bertz CT molecular complexity index is 591. The fourth-order valence-corrected chi connectivity index (χ4v) is 4.64. The quantitative estimate of drug-likeness (QED) is 0.822. The molecule has 124 valence electrons. The molecule has 6 nitrogen and oxygen atoms in total. The van der Waals surface area contributed by atoms with Crippen molar-refractivity contribution in [2.75, 3.05) is 33.3 Å². The Morgan fingerprint density at radius 2 is 2.14 bits per heavy atom. The molecule has 0 bridgehead atoms. The third-order valence-corrected chi connectivity index (χ3v) is 5.91. The van der Waals surface area contributed by atoms with E-state index >= 15 is 0 Å². The number of likely N-dealkylation sites (N-methyl/N-ethyl adjacent to an activating group) is 1. The van der Waals surface area contributed by atoms with Crippen molar-refractivity contribution >= 4 is 10.0 Å². The molecule has 1 aliphatic heterocycles. The van der Waals surface area contributed by atoms with Crippen molar-refractivity contribution < 1.29 is 13.2 Å². The Morgan fingerprint density at radius 3 is 2.82 bits per heavy atom. The van der Waals surface area contributed by atoms with Crippen LogP contribution in [0.3, 0.4) is 0 Å². The zero-order valence-corrected chi connectivity index (χ0v) is 14.3. The highest BCUT2D eigenvalue weighted by Crippen LogP contribution is 2.28. The van der Waals surface area contributed by atoms with E-state index in [2.05, 4.69) is 9.88 Å². The van der Waals surface area contributed by atoms with Crippen LogP contribution in [0.4, 0.5) is 0 Å². The lowest BCUT2D eigenvalue weighted by Crippen LogP contribution is -2.43. The van der Waals surface area contributed by atoms with Crippen LogP contribution < -0.4 is 4.74 Å². The fraction of sp³-hybridized carbons (Fsp3) is 0.667. The maximum atomic E-state index is 13.1. The van der Waals surface area contributed by atoms with Crippen LogP contribution in [0.1, 0.15) is 26.7 Å². The number of rotatable bonds is 5. The van der Waals surface area contributed by atoms with E-state index in [1.165, 1.54) is 6.20 Å². The van der Waals surface area contributed by atoms with Crippen molar-refractivity contribution in [2.45, 2.75) is 37.6 Å². The minimum absolute atomic E-state index is 0.0211. The largest absolute Gasteiger partial charge is 0.492 e. The fourth-order valence-electron chi connectivity index (χ4n) is 2.83. The molecule has 2 heterocycles. The second kappa shape index (κ2) is 7.39. The normalized spacial score (nSPS) is 21.5. The number of sulfonamides is 1. The molecule has 1 fully saturated rings. The number of pyridine rings is 1. The smallest absolute Gasteiger partial charge is 0.248 e. The van der Waals surface area contributed by atoms with Gasteiger partial charge in [-0.3, -0.25) is 4.98 Å². The van der Waals surface area contributed by atoms with Gasteiger partial charge in [0, 0.05) is 25.3 Å². The Labute approximate surface area is 133 Å². The summed E-state index contributed by atoms with van der Waals surface area (Å²) in [6.45, 7) is 6.48. The van der Waals surface area contributed by atoms with E-state index in [-0.39, 0.29) is 10.9 Å². The molecule has 7 heteroatoms. The summed E-state index contributed by atoms with van der Waals surface area (Å²) in [6, 6.07) is 1.59. The number of hydrogen-bond acceptors (Lipinski definition) is 5. The summed E-state index contributed by atoms with van der Waals surface area (Å²) < 4.78 is 33.3. The van der Waals surface area contributed by atoms with Crippen molar-refractivity contribution in [1.82, 2.24) is 14.2 Å².